The Labute approximate surface area is 92.2 Å². The Morgan fingerprint density at radius 1 is 1.50 bits per heavy atom. The topological polar surface area (TPSA) is 41.5 Å². The Kier molecular flexibility index (Phi) is 3.92. The van der Waals surface area contributed by atoms with Gasteiger partial charge in [0, 0.05) is 6.54 Å². The zero-order chi connectivity index (χ0) is 10.7. The fourth-order valence-electron chi connectivity index (χ4n) is 1.39. The Balaban J connectivity index is 3.09. The maximum atomic E-state index is 9.53. The molecule has 3 nitrogen and oxygen atoms in total. The Morgan fingerprint density at radius 2 is 2.14 bits per heavy atom. The van der Waals surface area contributed by atoms with E-state index in [1.807, 2.05) is 13.8 Å². The van der Waals surface area contributed by atoms with Gasteiger partial charge in [-0.2, -0.15) is 5.48 Å². The summed E-state index contributed by atoms with van der Waals surface area (Å²) in [7, 11) is 1.58. The SMILES string of the molecule is CONCc1c(C)cc(O)c(Br)c1C. The first-order chi connectivity index (χ1) is 6.57. The Bertz CT molecular complexity index is 339. The van der Waals surface area contributed by atoms with E-state index in [-0.39, 0.29) is 5.75 Å². The lowest BCUT2D eigenvalue weighted by atomic mass is 10.0. The summed E-state index contributed by atoms with van der Waals surface area (Å²) in [6.07, 6.45) is 0. The summed E-state index contributed by atoms with van der Waals surface area (Å²) in [5.74, 6) is 0.279. The highest BCUT2D eigenvalue weighted by Crippen LogP contribution is 2.31. The molecule has 0 radical (unpaired) electrons. The first kappa shape index (κ1) is 11.5. The lowest BCUT2D eigenvalue weighted by Crippen LogP contribution is -2.13. The fraction of sp³-hybridized carbons (Fsp3) is 0.400. The van der Waals surface area contributed by atoms with Gasteiger partial charge in [-0.3, -0.25) is 0 Å². The standard InChI is InChI=1S/C10H14BrNO2/c1-6-4-9(13)10(11)7(2)8(6)5-12-14-3/h4,12-13H,5H2,1-3H3. The Hall–Kier alpha value is -0.580. The molecular weight excluding hydrogens is 246 g/mol. The molecule has 78 valence electrons. The molecule has 0 aliphatic rings. The third-order valence-corrected chi connectivity index (χ3v) is 3.23. The molecule has 0 atom stereocenters. The Morgan fingerprint density at radius 3 is 2.71 bits per heavy atom. The number of hydroxylamine groups is 1. The third kappa shape index (κ3) is 2.26. The van der Waals surface area contributed by atoms with Crippen LogP contribution in [0, 0.1) is 13.8 Å². The van der Waals surface area contributed by atoms with Crippen LogP contribution in [0.15, 0.2) is 10.5 Å². The summed E-state index contributed by atoms with van der Waals surface area (Å²) in [5, 5.41) is 9.53. The molecule has 2 N–H and O–H groups in total. The van der Waals surface area contributed by atoms with Gasteiger partial charge in [0.1, 0.15) is 5.75 Å². The van der Waals surface area contributed by atoms with E-state index in [2.05, 4.69) is 21.4 Å². The highest BCUT2D eigenvalue weighted by atomic mass is 79.9. The predicted molar refractivity (Wildman–Crippen MR) is 59.1 cm³/mol. The summed E-state index contributed by atoms with van der Waals surface area (Å²) < 4.78 is 0.746. The van der Waals surface area contributed by atoms with E-state index < -0.39 is 0 Å². The zero-order valence-electron chi connectivity index (χ0n) is 8.52. The number of phenolic OH excluding ortho intramolecular Hbond substituents is 1. The van der Waals surface area contributed by atoms with Crippen LogP contribution in [0.1, 0.15) is 16.7 Å². The molecule has 0 heterocycles. The van der Waals surface area contributed by atoms with Crippen molar-refractivity contribution in [3.8, 4) is 5.75 Å². The van der Waals surface area contributed by atoms with Crippen molar-refractivity contribution in [3.63, 3.8) is 0 Å². The molecule has 0 aromatic heterocycles. The van der Waals surface area contributed by atoms with Crippen molar-refractivity contribution in [2.24, 2.45) is 0 Å². The monoisotopic (exact) mass is 259 g/mol. The summed E-state index contributed by atoms with van der Waals surface area (Å²) in [6, 6.07) is 1.74. The van der Waals surface area contributed by atoms with Crippen molar-refractivity contribution in [1.29, 1.82) is 0 Å². The molecule has 0 aliphatic heterocycles. The van der Waals surface area contributed by atoms with Gasteiger partial charge in [-0.15, -0.1) is 0 Å². The molecule has 1 rings (SSSR count). The van der Waals surface area contributed by atoms with Gasteiger partial charge in [0.15, 0.2) is 0 Å². The van der Waals surface area contributed by atoms with Gasteiger partial charge in [0.25, 0.3) is 0 Å². The second kappa shape index (κ2) is 4.77. The largest absolute Gasteiger partial charge is 0.507 e. The second-order valence-electron chi connectivity index (χ2n) is 3.16. The van der Waals surface area contributed by atoms with Crippen LogP contribution in [0.25, 0.3) is 0 Å². The van der Waals surface area contributed by atoms with E-state index in [0.29, 0.717) is 6.54 Å². The zero-order valence-corrected chi connectivity index (χ0v) is 10.1. The van der Waals surface area contributed by atoms with Crippen molar-refractivity contribution < 1.29 is 9.94 Å². The summed E-state index contributed by atoms with van der Waals surface area (Å²) >= 11 is 3.34. The lowest BCUT2D eigenvalue weighted by Gasteiger charge is -2.12. The molecule has 0 amide bonds. The third-order valence-electron chi connectivity index (χ3n) is 2.23. The molecular formula is C10H14BrNO2. The summed E-state index contributed by atoms with van der Waals surface area (Å²) in [5.41, 5.74) is 6.01. The van der Waals surface area contributed by atoms with E-state index in [0.717, 1.165) is 21.2 Å². The molecule has 14 heavy (non-hydrogen) atoms. The van der Waals surface area contributed by atoms with E-state index in [9.17, 15) is 5.11 Å². The van der Waals surface area contributed by atoms with Gasteiger partial charge in [0.2, 0.25) is 0 Å². The molecule has 0 saturated heterocycles. The van der Waals surface area contributed by atoms with Crippen molar-refractivity contribution >= 4 is 15.9 Å². The smallest absolute Gasteiger partial charge is 0.130 e. The van der Waals surface area contributed by atoms with Crippen LogP contribution >= 0.6 is 15.9 Å². The van der Waals surface area contributed by atoms with Crippen molar-refractivity contribution in [2.45, 2.75) is 20.4 Å². The lowest BCUT2D eigenvalue weighted by molar-refractivity contribution is 0.0864. The number of halogens is 1. The first-order valence-corrected chi connectivity index (χ1v) is 5.10. The van der Waals surface area contributed by atoms with E-state index >= 15 is 0 Å². The number of hydrogen-bond donors (Lipinski definition) is 2. The van der Waals surface area contributed by atoms with Gasteiger partial charge < -0.3 is 9.94 Å². The minimum Gasteiger partial charge on any atom is -0.507 e. The number of phenols is 1. The van der Waals surface area contributed by atoms with Gasteiger partial charge in [-0.25, -0.2) is 0 Å². The number of aryl methyl sites for hydroxylation is 1. The normalized spacial score (nSPS) is 10.6. The number of nitrogens with one attached hydrogen (secondary N) is 1. The second-order valence-corrected chi connectivity index (χ2v) is 3.95. The predicted octanol–water partition coefficient (Wildman–Crippen LogP) is 2.42. The number of rotatable bonds is 3. The van der Waals surface area contributed by atoms with Crippen LogP contribution in [0.3, 0.4) is 0 Å². The molecule has 4 heteroatoms. The number of benzene rings is 1. The van der Waals surface area contributed by atoms with E-state index in [1.54, 1.807) is 13.2 Å². The van der Waals surface area contributed by atoms with Crippen LogP contribution in [0.5, 0.6) is 5.75 Å². The molecule has 0 spiro atoms. The molecule has 0 bridgehead atoms. The molecule has 1 aromatic rings. The first-order valence-electron chi connectivity index (χ1n) is 4.31. The molecule has 0 aliphatic carbocycles. The van der Waals surface area contributed by atoms with Crippen molar-refractivity contribution in [2.75, 3.05) is 7.11 Å². The van der Waals surface area contributed by atoms with Crippen LogP contribution in [0.4, 0.5) is 0 Å². The summed E-state index contributed by atoms with van der Waals surface area (Å²) in [4.78, 5) is 4.80. The van der Waals surface area contributed by atoms with Gasteiger partial charge in [-0.05, 0) is 52.5 Å². The quantitative estimate of drug-likeness (QED) is 0.820. The average molecular weight is 260 g/mol. The molecule has 1 aromatic carbocycles. The van der Waals surface area contributed by atoms with Crippen LogP contribution in [-0.2, 0) is 11.4 Å². The van der Waals surface area contributed by atoms with Gasteiger partial charge in [-0.1, -0.05) is 0 Å². The fourth-order valence-corrected chi connectivity index (χ4v) is 1.75. The van der Waals surface area contributed by atoms with Crippen molar-refractivity contribution in [1.82, 2.24) is 5.48 Å². The van der Waals surface area contributed by atoms with Gasteiger partial charge >= 0.3 is 0 Å². The minimum atomic E-state index is 0.279. The van der Waals surface area contributed by atoms with E-state index in [4.69, 9.17) is 4.84 Å². The number of aromatic hydroxyl groups is 1. The molecule has 0 fully saturated rings. The highest BCUT2D eigenvalue weighted by Gasteiger charge is 2.09. The summed E-state index contributed by atoms with van der Waals surface area (Å²) in [6.45, 7) is 4.56. The maximum absolute atomic E-state index is 9.53. The van der Waals surface area contributed by atoms with E-state index in [1.165, 1.54) is 0 Å². The highest BCUT2D eigenvalue weighted by molar-refractivity contribution is 9.10. The van der Waals surface area contributed by atoms with Crippen LogP contribution in [0.2, 0.25) is 0 Å². The molecule has 0 saturated carbocycles. The average Bonchev–Trinajstić information content (AvgIpc) is 2.14. The minimum absolute atomic E-state index is 0.279. The van der Waals surface area contributed by atoms with Crippen LogP contribution < -0.4 is 5.48 Å². The van der Waals surface area contributed by atoms with Gasteiger partial charge in [0.05, 0.1) is 11.6 Å². The molecule has 0 unspecified atom stereocenters. The number of hydrogen-bond acceptors (Lipinski definition) is 3. The maximum Gasteiger partial charge on any atom is 0.130 e. The van der Waals surface area contributed by atoms with Crippen molar-refractivity contribution in [3.05, 3.63) is 27.2 Å². The van der Waals surface area contributed by atoms with Crippen LogP contribution in [-0.4, -0.2) is 12.2 Å².